The van der Waals surface area contributed by atoms with Crippen LogP contribution in [0.15, 0.2) is 79.1 Å². The number of hydrogen-bond acceptors (Lipinski definition) is 3. The van der Waals surface area contributed by atoms with Crippen LogP contribution in [0.4, 0.5) is 13.2 Å². The van der Waals surface area contributed by atoms with Crippen molar-refractivity contribution in [3.05, 3.63) is 90.3 Å². The van der Waals surface area contributed by atoms with Gasteiger partial charge in [-0.15, -0.1) is 0 Å². The first kappa shape index (κ1) is 22.5. The van der Waals surface area contributed by atoms with Gasteiger partial charge >= 0.3 is 12.1 Å². The molecule has 0 radical (unpaired) electrons. The molecule has 4 rings (SSSR count). The van der Waals surface area contributed by atoms with Crippen molar-refractivity contribution >= 4 is 5.97 Å². The molecular weight excluding hydrogens is 405 g/mol. The number of pyridine rings is 1. The molecule has 1 heterocycles. The summed E-state index contributed by atoms with van der Waals surface area (Å²) in [6.45, 7) is 2.25. The van der Waals surface area contributed by atoms with Gasteiger partial charge in [-0.2, -0.15) is 13.2 Å². The van der Waals surface area contributed by atoms with Crippen molar-refractivity contribution in [1.82, 2.24) is 10.3 Å². The van der Waals surface area contributed by atoms with Gasteiger partial charge in [-0.05, 0) is 47.7 Å². The van der Waals surface area contributed by atoms with Crippen LogP contribution in [-0.4, -0.2) is 28.3 Å². The maximum absolute atomic E-state index is 10.6. The monoisotopic (exact) mass is 428 g/mol. The molecule has 3 aromatic rings. The number of nitrogens with zero attached hydrogens (tertiary/aromatic N) is 1. The topological polar surface area (TPSA) is 62.2 Å². The summed E-state index contributed by atoms with van der Waals surface area (Å²) in [5.74, 6) is -2.09. The van der Waals surface area contributed by atoms with Crippen molar-refractivity contribution in [3.63, 3.8) is 0 Å². The van der Waals surface area contributed by atoms with Gasteiger partial charge < -0.3 is 10.4 Å². The van der Waals surface area contributed by atoms with Gasteiger partial charge in [0.2, 0.25) is 0 Å². The van der Waals surface area contributed by atoms with Gasteiger partial charge in [0.1, 0.15) is 0 Å². The fraction of sp³-hybridized carbons (Fsp3) is 0.250. The van der Waals surface area contributed by atoms with Gasteiger partial charge in [-0.3, -0.25) is 4.98 Å². The van der Waals surface area contributed by atoms with Crippen LogP contribution in [0, 0.1) is 0 Å². The highest BCUT2D eigenvalue weighted by molar-refractivity contribution is 5.73. The molecule has 0 aliphatic heterocycles. The Kier molecular flexibility index (Phi) is 7.07. The maximum Gasteiger partial charge on any atom is 0.490 e. The summed E-state index contributed by atoms with van der Waals surface area (Å²) < 4.78 is 31.7. The first-order valence-corrected chi connectivity index (χ1v) is 9.87. The molecule has 2 N–H and O–H groups in total. The molecule has 31 heavy (non-hydrogen) atoms. The van der Waals surface area contributed by atoms with E-state index in [4.69, 9.17) is 9.90 Å². The number of alkyl halides is 3. The Balaban J connectivity index is 0.000000339. The lowest BCUT2D eigenvalue weighted by molar-refractivity contribution is -0.192. The SMILES string of the molecule is CC(NC1CC1c1ccccc1)c1ccc(-c2ccncc2)cc1.O=C(O)C(F)(F)F. The summed E-state index contributed by atoms with van der Waals surface area (Å²) in [5, 5.41) is 10.9. The van der Waals surface area contributed by atoms with E-state index in [9.17, 15) is 13.2 Å². The Bertz CT molecular complexity index is 977. The molecule has 0 spiro atoms. The molecular formula is C24H23F3N2O2. The van der Waals surface area contributed by atoms with E-state index in [0.717, 1.165) is 0 Å². The Morgan fingerprint density at radius 2 is 1.55 bits per heavy atom. The van der Waals surface area contributed by atoms with Crippen molar-refractivity contribution in [2.75, 3.05) is 0 Å². The lowest BCUT2D eigenvalue weighted by Crippen LogP contribution is -2.22. The van der Waals surface area contributed by atoms with Gasteiger partial charge in [-0.1, -0.05) is 54.6 Å². The number of carboxylic acids is 1. The van der Waals surface area contributed by atoms with Gasteiger partial charge in [0.25, 0.3) is 0 Å². The molecule has 0 amide bonds. The predicted octanol–water partition coefficient (Wildman–Crippen LogP) is 5.59. The lowest BCUT2D eigenvalue weighted by atomic mass is 10.0. The molecule has 1 aliphatic carbocycles. The zero-order valence-electron chi connectivity index (χ0n) is 16.9. The van der Waals surface area contributed by atoms with Crippen molar-refractivity contribution in [1.29, 1.82) is 0 Å². The molecule has 7 heteroatoms. The number of benzene rings is 2. The van der Waals surface area contributed by atoms with Crippen LogP contribution in [0.25, 0.3) is 11.1 Å². The number of nitrogens with one attached hydrogen (secondary N) is 1. The fourth-order valence-corrected chi connectivity index (χ4v) is 3.37. The zero-order chi connectivity index (χ0) is 22.4. The quantitative estimate of drug-likeness (QED) is 0.556. The first-order valence-electron chi connectivity index (χ1n) is 9.87. The highest BCUT2D eigenvalue weighted by Gasteiger charge is 2.39. The predicted molar refractivity (Wildman–Crippen MR) is 113 cm³/mol. The van der Waals surface area contributed by atoms with E-state index in [0.29, 0.717) is 18.0 Å². The molecule has 1 fully saturated rings. The van der Waals surface area contributed by atoms with Crippen LogP contribution in [0.3, 0.4) is 0 Å². The van der Waals surface area contributed by atoms with Crippen LogP contribution >= 0.6 is 0 Å². The molecule has 0 bridgehead atoms. The summed E-state index contributed by atoms with van der Waals surface area (Å²) in [7, 11) is 0. The lowest BCUT2D eigenvalue weighted by Gasteiger charge is -2.15. The van der Waals surface area contributed by atoms with E-state index in [-0.39, 0.29) is 0 Å². The van der Waals surface area contributed by atoms with Crippen LogP contribution < -0.4 is 5.32 Å². The van der Waals surface area contributed by atoms with E-state index < -0.39 is 12.1 Å². The highest BCUT2D eigenvalue weighted by atomic mass is 19.4. The smallest absolute Gasteiger partial charge is 0.475 e. The second-order valence-corrected chi connectivity index (χ2v) is 7.41. The van der Waals surface area contributed by atoms with E-state index in [1.54, 1.807) is 0 Å². The normalized spacial score (nSPS) is 18.5. The van der Waals surface area contributed by atoms with Gasteiger partial charge in [0, 0.05) is 30.4 Å². The summed E-state index contributed by atoms with van der Waals surface area (Å²) in [4.78, 5) is 13.0. The summed E-state index contributed by atoms with van der Waals surface area (Å²) in [5.41, 5.74) is 5.24. The van der Waals surface area contributed by atoms with Crippen molar-refractivity contribution in [2.45, 2.75) is 37.5 Å². The highest BCUT2D eigenvalue weighted by Crippen LogP contribution is 2.41. The third kappa shape index (κ3) is 6.39. The van der Waals surface area contributed by atoms with Crippen molar-refractivity contribution in [3.8, 4) is 11.1 Å². The van der Waals surface area contributed by atoms with Gasteiger partial charge in [-0.25, -0.2) is 4.79 Å². The third-order valence-corrected chi connectivity index (χ3v) is 5.15. The number of rotatable bonds is 5. The molecule has 3 atom stereocenters. The Hall–Kier alpha value is -3.19. The number of halogens is 3. The number of aromatic nitrogens is 1. The summed E-state index contributed by atoms with van der Waals surface area (Å²) in [6, 6.07) is 24.7. The molecule has 4 nitrogen and oxygen atoms in total. The number of hydrogen-bond donors (Lipinski definition) is 2. The van der Waals surface area contributed by atoms with E-state index in [1.165, 1.54) is 28.7 Å². The maximum atomic E-state index is 10.6. The summed E-state index contributed by atoms with van der Waals surface area (Å²) >= 11 is 0. The first-order chi connectivity index (χ1) is 14.8. The Morgan fingerprint density at radius 1 is 1.00 bits per heavy atom. The molecule has 0 saturated heterocycles. The fourth-order valence-electron chi connectivity index (χ4n) is 3.37. The number of carboxylic acid groups (broad SMARTS) is 1. The van der Waals surface area contributed by atoms with E-state index in [2.05, 4.69) is 71.8 Å². The van der Waals surface area contributed by atoms with Crippen LogP contribution in [0.2, 0.25) is 0 Å². The number of carbonyl (C=O) groups is 1. The minimum Gasteiger partial charge on any atom is -0.475 e. The molecule has 162 valence electrons. The second kappa shape index (κ2) is 9.75. The minimum absolute atomic E-state index is 0.371. The van der Waals surface area contributed by atoms with Gasteiger partial charge in [0.05, 0.1) is 0 Å². The Morgan fingerprint density at radius 3 is 2.10 bits per heavy atom. The minimum atomic E-state index is -5.08. The van der Waals surface area contributed by atoms with Crippen LogP contribution in [0.1, 0.15) is 36.4 Å². The van der Waals surface area contributed by atoms with Gasteiger partial charge in [0.15, 0.2) is 0 Å². The molecule has 1 aliphatic rings. The van der Waals surface area contributed by atoms with E-state index >= 15 is 0 Å². The Labute approximate surface area is 178 Å². The largest absolute Gasteiger partial charge is 0.490 e. The number of aliphatic carboxylic acids is 1. The zero-order valence-corrected chi connectivity index (χ0v) is 16.9. The standard InChI is InChI=1S/C22H22N2.C2HF3O2/c1-16(24-22-15-21(22)20-5-3-2-4-6-20)17-7-9-18(10-8-17)19-11-13-23-14-12-19;3-2(4,5)1(6)7/h2-14,16,21-22,24H,15H2,1H3;(H,6,7). The average molecular weight is 428 g/mol. The van der Waals surface area contributed by atoms with Crippen LogP contribution in [0.5, 0.6) is 0 Å². The molecule has 1 saturated carbocycles. The second-order valence-electron chi connectivity index (χ2n) is 7.41. The molecule has 1 aromatic heterocycles. The third-order valence-electron chi connectivity index (χ3n) is 5.15. The average Bonchev–Trinajstić information content (AvgIpc) is 3.54. The van der Waals surface area contributed by atoms with Crippen LogP contribution in [-0.2, 0) is 4.79 Å². The van der Waals surface area contributed by atoms with Crippen molar-refractivity contribution in [2.24, 2.45) is 0 Å². The van der Waals surface area contributed by atoms with E-state index in [1.807, 2.05) is 24.5 Å². The van der Waals surface area contributed by atoms with Crippen molar-refractivity contribution < 1.29 is 23.1 Å². The molecule has 2 aromatic carbocycles. The molecule has 3 unspecified atom stereocenters. The summed E-state index contributed by atoms with van der Waals surface area (Å²) in [6.07, 6.45) is -0.169.